The predicted octanol–water partition coefficient (Wildman–Crippen LogP) is 4.33. The Morgan fingerprint density at radius 2 is 1.54 bits per heavy atom. The van der Waals surface area contributed by atoms with Crippen LogP contribution >= 0.6 is 0 Å². The van der Waals surface area contributed by atoms with Gasteiger partial charge in [0.2, 0.25) is 0 Å². The molecule has 5 nitrogen and oxygen atoms in total. The van der Waals surface area contributed by atoms with Crippen LogP contribution in [0.25, 0.3) is 0 Å². The number of ether oxygens (including phenoxy) is 2. The van der Waals surface area contributed by atoms with Crippen LogP contribution in [0, 0.1) is 5.92 Å². The van der Waals surface area contributed by atoms with E-state index >= 15 is 0 Å². The number of unbranched alkanes of at least 4 members (excludes halogenated alkanes) is 7. The highest BCUT2D eigenvalue weighted by Crippen LogP contribution is 2.24. The molecule has 0 amide bonds. The molecule has 0 bridgehead atoms. The van der Waals surface area contributed by atoms with Crippen molar-refractivity contribution < 1.29 is 19.1 Å². The van der Waals surface area contributed by atoms with Crippen molar-refractivity contribution in [2.24, 2.45) is 5.92 Å². The first-order valence-electron chi connectivity index (χ1n) is 10.6. The van der Waals surface area contributed by atoms with E-state index in [2.05, 4.69) is 18.7 Å². The predicted molar refractivity (Wildman–Crippen MR) is 104 cm³/mol. The van der Waals surface area contributed by atoms with Crippen LogP contribution < -0.4 is 0 Å². The lowest BCUT2D eigenvalue weighted by Gasteiger charge is -2.23. The number of rotatable bonds is 14. The SMILES string of the molecule is CCCCCCCOC(=O)C1CC(C)CN1CCCCCCOC(C)=O. The first-order chi connectivity index (χ1) is 12.5. The molecule has 26 heavy (non-hydrogen) atoms. The van der Waals surface area contributed by atoms with Gasteiger partial charge in [-0.3, -0.25) is 14.5 Å². The molecule has 0 aliphatic carbocycles. The molecule has 2 unspecified atom stereocenters. The molecule has 0 aromatic heterocycles. The monoisotopic (exact) mass is 369 g/mol. The molecule has 0 aromatic carbocycles. The van der Waals surface area contributed by atoms with Gasteiger partial charge in [0.25, 0.3) is 0 Å². The summed E-state index contributed by atoms with van der Waals surface area (Å²) in [6.45, 7) is 8.89. The van der Waals surface area contributed by atoms with Gasteiger partial charge in [-0.25, -0.2) is 0 Å². The van der Waals surface area contributed by atoms with Crippen molar-refractivity contribution in [3.8, 4) is 0 Å². The maximum atomic E-state index is 12.4. The zero-order valence-corrected chi connectivity index (χ0v) is 17.1. The van der Waals surface area contributed by atoms with E-state index in [-0.39, 0.29) is 18.0 Å². The van der Waals surface area contributed by atoms with Crippen LogP contribution in [0.1, 0.15) is 85.0 Å². The fraction of sp³-hybridized carbons (Fsp3) is 0.905. The number of carbonyl (C=O) groups excluding carboxylic acids is 2. The van der Waals surface area contributed by atoms with E-state index in [0.29, 0.717) is 19.1 Å². The molecule has 1 fully saturated rings. The van der Waals surface area contributed by atoms with E-state index < -0.39 is 0 Å². The average molecular weight is 370 g/mol. The second-order valence-corrected chi connectivity index (χ2v) is 7.69. The van der Waals surface area contributed by atoms with Gasteiger partial charge in [0, 0.05) is 13.5 Å². The number of nitrogens with zero attached hydrogens (tertiary/aromatic N) is 1. The van der Waals surface area contributed by atoms with Crippen LogP contribution in [0.5, 0.6) is 0 Å². The van der Waals surface area contributed by atoms with Gasteiger partial charge < -0.3 is 9.47 Å². The summed E-state index contributed by atoms with van der Waals surface area (Å²) >= 11 is 0. The lowest BCUT2D eigenvalue weighted by Crippen LogP contribution is -2.38. The highest BCUT2D eigenvalue weighted by atomic mass is 16.5. The fourth-order valence-electron chi connectivity index (χ4n) is 3.59. The Balaban J connectivity index is 2.16. The van der Waals surface area contributed by atoms with E-state index in [1.165, 1.54) is 26.2 Å². The quantitative estimate of drug-likeness (QED) is 0.337. The van der Waals surface area contributed by atoms with Gasteiger partial charge in [0.15, 0.2) is 0 Å². The zero-order chi connectivity index (χ0) is 19.2. The minimum atomic E-state index is -0.206. The summed E-state index contributed by atoms with van der Waals surface area (Å²) in [4.78, 5) is 25.4. The third-order valence-corrected chi connectivity index (χ3v) is 5.02. The number of hydrogen-bond donors (Lipinski definition) is 0. The normalized spacial score (nSPS) is 20.3. The van der Waals surface area contributed by atoms with Crippen molar-refractivity contribution >= 4 is 11.9 Å². The topological polar surface area (TPSA) is 55.8 Å². The van der Waals surface area contributed by atoms with Crippen LogP contribution in [-0.2, 0) is 19.1 Å². The third kappa shape index (κ3) is 10.1. The molecule has 1 aliphatic heterocycles. The molecule has 1 rings (SSSR count). The summed E-state index contributed by atoms with van der Waals surface area (Å²) in [7, 11) is 0. The first kappa shape index (κ1) is 22.9. The fourth-order valence-corrected chi connectivity index (χ4v) is 3.59. The average Bonchev–Trinajstić information content (AvgIpc) is 2.97. The van der Waals surface area contributed by atoms with E-state index in [9.17, 15) is 9.59 Å². The highest BCUT2D eigenvalue weighted by molar-refractivity contribution is 5.76. The minimum Gasteiger partial charge on any atom is -0.466 e. The molecule has 0 spiro atoms. The largest absolute Gasteiger partial charge is 0.466 e. The van der Waals surface area contributed by atoms with Crippen LogP contribution in [0.4, 0.5) is 0 Å². The molecule has 1 heterocycles. The van der Waals surface area contributed by atoms with Gasteiger partial charge in [-0.05, 0) is 38.1 Å². The molecule has 152 valence electrons. The summed E-state index contributed by atoms with van der Waals surface area (Å²) in [5, 5.41) is 0. The third-order valence-electron chi connectivity index (χ3n) is 5.02. The van der Waals surface area contributed by atoms with Gasteiger partial charge in [0.05, 0.1) is 13.2 Å². The van der Waals surface area contributed by atoms with Crippen LogP contribution in [0.2, 0.25) is 0 Å². The Hall–Kier alpha value is -1.10. The molecule has 1 saturated heterocycles. The maximum Gasteiger partial charge on any atom is 0.323 e. The second-order valence-electron chi connectivity index (χ2n) is 7.69. The highest BCUT2D eigenvalue weighted by Gasteiger charge is 2.35. The van der Waals surface area contributed by atoms with Crippen LogP contribution in [0.3, 0.4) is 0 Å². The number of carbonyl (C=O) groups is 2. The van der Waals surface area contributed by atoms with Crippen molar-refractivity contribution in [3.63, 3.8) is 0 Å². The molecule has 0 N–H and O–H groups in total. The van der Waals surface area contributed by atoms with Crippen molar-refractivity contribution in [1.29, 1.82) is 0 Å². The Bertz CT molecular complexity index is 399. The van der Waals surface area contributed by atoms with E-state index in [1.54, 1.807) is 0 Å². The molecule has 5 heteroatoms. The lowest BCUT2D eigenvalue weighted by molar-refractivity contribution is -0.149. The molecule has 0 radical (unpaired) electrons. The van der Waals surface area contributed by atoms with Crippen molar-refractivity contribution in [1.82, 2.24) is 4.90 Å². The summed E-state index contributed by atoms with van der Waals surface area (Å²) in [6.07, 6.45) is 10.9. The van der Waals surface area contributed by atoms with Crippen LogP contribution in [0.15, 0.2) is 0 Å². The van der Waals surface area contributed by atoms with Gasteiger partial charge in [-0.15, -0.1) is 0 Å². The smallest absolute Gasteiger partial charge is 0.323 e. The molecule has 1 aliphatic rings. The molecular weight excluding hydrogens is 330 g/mol. The number of esters is 2. The maximum absolute atomic E-state index is 12.4. The van der Waals surface area contributed by atoms with Gasteiger partial charge in [-0.2, -0.15) is 0 Å². The van der Waals surface area contributed by atoms with Gasteiger partial charge in [0.1, 0.15) is 6.04 Å². The summed E-state index contributed by atoms with van der Waals surface area (Å²) in [6, 6.07) is -0.0540. The number of hydrogen-bond acceptors (Lipinski definition) is 5. The lowest BCUT2D eigenvalue weighted by atomic mass is 10.1. The van der Waals surface area contributed by atoms with Gasteiger partial charge >= 0.3 is 11.9 Å². The summed E-state index contributed by atoms with van der Waals surface area (Å²) < 4.78 is 10.5. The van der Waals surface area contributed by atoms with Crippen molar-refractivity contribution in [2.45, 2.75) is 91.0 Å². The molecular formula is C21H39NO4. The Morgan fingerprint density at radius 1 is 0.923 bits per heavy atom. The van der Waals surface area contributed by atoms with E-state index in [1.807, 2.05) is 0 Å². The minimum absolute atomic E-state index is 0.0281. The van der Waals surface area contributed by atoms with E-state index in [4.69, 9.17) is 9.47 Å². The van der Waals surface area contributed by atoms with Crippen LogP contribution in [-0.4, -0.2) is 49.2 Å². The number of likely N-dealkylation sites (tertiary alicyclic amines) is 1. The summed E-state index contributed by atoms with van der Waals surface area (Å²) in [5.41, 5.74) is 0. The van der Waals surface area contributed by atoms with Gasteiger partial charge in [-0.1, -0.05) is 52.4 Å². The Labute approximate surface area is 159 Å². The first-order valence-corrected chi connectivity index (χ1v) is 10.6. The zero-order valence-electron chi connectivity index (χ0n) is 17.1. The standard InChI is InChI=1S/C21H39NO4/c1-4-5-6-8-12-15-26-21(24)20-16-18(2)17-22(20)13-10-7-9-11-14-25-19(3)23/h18,20H,4-17H2,1-3H3. The van der Waals surface area contributed by atoms with Crippen molar-refractivity contribution in [2.75, 3.05) is 26.3 Å². The Kier molecular flexibility index (Phi) is 12.4. The molecule has 2 atom stereocenters. The van der Waals surface area contributed by atoms with Crippen molar-refractivity contribution in [3.05, 3.63) is 0 Å². The molecule has 0 aromatic rings. The molecule has 0 saturated carbocycles. The van der Waals surface area contributed by atoms with E-state index in [0.717, 1.165) is 58.0 Å². The Morgan fingerprint density at radius 3 is 2.19 bits per heavy atom. The summed E-state index contributed by atoms with van der Waals surface area (Å²) in [5.74, 6) is 0.323. The second kappa shape index (κ2) is 14.0.